The highest BCUT2D eigenvalue weighted by molar-refractivity contribution is 7.89. The van der Waals surface area contributed by atoms with E-state index in [1.807, 2.05) is 20.8 Å². The number of esters is 2. The van der Waals surface area contributed by atoms with E-state index in [4.69, 9.17) is 9.47 Å². The van der Waals surface area contributed by atoms with E-state index in [0.29, 0.717) is 5.57 Å². The topological polar surface area (TPSA) is 107 Å². The number of fused-ring (bicyclic) bond motifs is 1. The van der Waals surface area contributed by atoms with Crippen LogP contribution in [-0.4, -0.2) is 56.7 Å². The smallest absolute Gasteiger partial charge is 0.317 e. The number of benzene rings is 1. The van der Waals surface area contributed by atoms with Crippen molar-refractivity contribution < 1.29 is 32.3 Å². The van der Waals surface area contributed by atoms with E-state index in [2.05, 4.69) is 0 Å². The second kappa shape index (κ2) is 8.44. The fourth-order valence-electron chi connectivity index (χ4n) is 4.31. The molecule has 0 saturated carbocycles. The highest BCUT2D eigenvalue weighted by Crippen LogP contribution is 2.45. The summed E-state index contributed by atoms with van der Waals surface area (Å²) < 4.78 is 38.2. The predicted molar refractivity (Wildman–Crippen MR) is 116 cm³/mol. The van der Waals surface area contributed by atoms with E-state index < -0.39 is 39.3 Å². The number of hydrogen-bond acceptors (Lipinski definition) is 7. The third-order valence-corrected chi connectivity index (χ3v) is 7.96. The molecule has 3 rings (SSSR count). The molecule has 1 aliphatic heterocycles. The van der Waals surface area contributed by atoms with Crippen LogP contribution < -0.4 is 0 Å². The summed E-state index contributed by atoms with van der Waals surface area (Å²) >= 11 is 0. The van der Waals surface area contributed by atoms with Gasteiger partial charge < -0.3 is 9.47 Å². The SMILES string of the molecule is COC(=O)C12CC(OC(C)=O)C(=O)C=C1CCN(S(=O)(=O)c1ccc(C(C)(C)C)cc1)C2. The van der Waals surface area contributed by atoms with Crippen LogP contribution in [0.2, 0.25) is 0 Å². The summed E-state index contributed by atoms with van der Waals surface area (Å²) in [6.07, 6.45) is 0.186. The zero-order valence-corrected chi connectivity index (χ0v) is 19.8. The van der Waals surface area contributed by atoms with Gasteiger partial charge in [-0.2, -0.15) is 4.31 Å². The van der Waals surface area contributed by atoms with Crippen molar-refractivity contribution in [2.45, 2.75) is 57.0 Å². The molecule has 0 spiro atoms. The largest absolute Gasteiger partial charge is 0.468 e. The van der Waals surface area contributed by atoms with Crippen LogP contribution in [0.4, 0.5) is 0 Å². The molecule has 2 atom stereocenters. The summed E-state index contributed by atoms with van der Waals surface area (Å²) in [7, 11) is -2.69. The number of nitrogens with zero attached hydrogens (tertiary/aromatic N) is 1. The minimum Gasteiger partial charge on any atom is -0.468 e. The Morgan fingerprint density at radius 1 is 1.16 bits per heavy atom. The van der Waals surface area contributed by atoms with Gasteiger partial charge in [0.05, 0.1) is 12.0 Å². The Morgan fingerprint density at radius 3 is 2.31 bits per heavy atom. The van der Waals surface area contributed by atoms with Crippen molar-refractivity contribution in [1.82, 2.24) is 4.31 Å². The van der Waals surface area contributed by atoms with Crippen molar-refractivity contribution in [1.29, 1.82) is 0 Å². The van der Waals surface area contributed by atoms with Gasteiger partial charge in [0, 0.05) is 26.4 Å². The Morgan fingerprint density at radius 2 is 1.78 bits per heavy atom. The number of carbonyl (C=O) groups is 3. The molecule has 1 aromatic carbocycles. The fourth-order valence-corrected chi connectivity index (χ4v) is 5.81. The highest BCUT2D eigenvalue weighted by Gasteiger charge is 2.54. The molecule has 1 fully saturated rings. The molecule has 0 radical (unpaired) electrons. The molecule has 0 N–H and O–H groups in total. The summed E-state index contributed by atoms with van der Waals surface area (Å²) in [6.45, 7) is 7.23. The van der Waals surface area contributed by atoms with E-state index in [1.165, 1.54) is 24.4 Å². The lowest BCUT2D eigenvalue weighted by molar-refractivity contribution is -0.162. The Kier molecular flexibility index (Phi) is 6.36. The Balaban J connectivity index is 1.98. The van der Waals surface area contributed by atoms with Crippen LogP contribution in [0.1, 0.15) is 46.1 Å². The minimum absolute atomic E-state index is 0.123. The maximum Gasteiger partial charge on any atom is 0.317 e. The molecule has 8 nitrogen and oxygen atoms in total. The lowest BCUT2D eigenvalue weighted by Gasteiger charge is -2.44. The Labute approximate surface area is 188 Å². The third kappa shape index (κ3) is 4.36. The minimum atomic E-state index is -3.90. The number of carbonyl (C=O) groups excluding carboxylic acids is 3. The van der Waals surface area contributed by atoms with Crippen LogP contribution >= 0.6 is 0 Å². The van der Waals surface area contributed by atoms with Crippen molar-refractivity contribution in [3.05, 3.63) is 41.5 Å². The lowest BCUT2D eigenvalue weighted by Crippen LogP contribution is -2.55. The quantitative estimate of drug-likeness (QED) is 0.631. The Bertz CT molecular complexity index is 1070. The maximum atomic E-state index is 13.4. The normalized spacial score (nSPS) is 24.3. The van der Waals surface area contributed by atoms with Crippen LogP contribution in [-0.2, 0) is 39.3 Å². The van der Waals surface area contributed by atoms with Crippen LogP contribution in [0, 0.1) is 5.41 Å². The molecular formula is C23H29NO7S. The van der Waals surface area contributed by atoms with Crippen molar-refractivity contribution >= 4 is 27.7 Å². The number of sulfonamides is 1. The van der Waals surface area contributed by atoms with E-state index in [-0.39, 0.29) is 36.2 Å². The molecule has 2 unspecified atom stereocenters. The van der Waals surface area contributed by atoms with Gasteiger partial charge >= 0.3 is 11.9 Å². The van der Waals surface area contributed by atoms with Crippen LogP contribution in [0.15, 0.2) is 40.8 Å². The molecule has 2 aliphatic rings. The number of ether oxygens (including phenoxy) is 2. The fraction of sp³-hybridized carbons (Fsp3) is 0.522. The molecule has 174 valence electrons. The zero-order chi connectivity index (χ0) is 23.9. The summed E-state index contributed by atoms with van der Waals surface area (Å²) in [6, 6.07) is 6.71. The van der Waals surface area contributed by atoms with Crippen LogP contribution in [0.25, 0.3) is 0 Å². The molecule has 0 bridgehead atoms. The number of rotatable bonds is 4. The Hall–Kier alpha value is -2.52. The van der Waals surface area contributed by atoms with Gasteiger partial charge in [0.2, 0.25) is 10.0 Å². The summed E-state index contributed by atoms with van der Waals surface area (Å²) in [5.74, 6) is -1.72. The van der Waals surface area contributed by atoms with Gasteiger partial charge in [-0.1, -0.05) is 32.9 Å². The van der Waals surface area contributed by atoms with Gasteiger partial charge in [-0.15, -0.1) is 0 Å². The first-order valence-electron chi connectivity index (χ1n) is 10.4. The first kappa shape index (κ1) is 24.1. The highest BCUT2D eigenvalue weighted by atomic mass is 32.2. The standard InChI is InChI=1S/C23H29NO7S/c1-15(25)31-20-13-23(21(27)30-5)14-24(11-10-17(23)12-19(20)26)32(28,29)18-8-6-16(7-9-18)22(2,3)4/h6-9,12,20H,10-11,13-14H2,1-5H3. The average Bonchev–Trinajstić information content (AvgIpc) is 2.72. The van der Waals surface area contributed by atoms with Gasteiger partial charge in [0.1, 0.15) is 5.41 Å². The molecule has 9 heteroatoms. The zero-order valence-electron chi connectivity index (χ0n) is 19.0. The summed E-state index contributed by atoms with van der Waals surface area (Å²) in [5.41, 5.74) is -0.00404. The van der Waals surface area contributed by atoms with Crippen molar-refractivity contribution in [2.24, 2.45) is 5.41 Å². The maximum absolute atomic E-state index is 13.4. The number of piperidine rings is 1. The van der Waals surface area contributed by atoms with Gasteiger partial charge in [-0.3, -0.25) is 14.4 Å². The molecule has 1 aliphatic carbocycles. The van der Waals surface area contributed by atoms with Gasteiger partial charge in [0.15, 0.2) is 11.9 Å². The second-order valence-electron chi connectivity index (χ2n) is 9.31. The molecule has 0 amide bonds. The van der Waals surface area contributed by atoms with Crippen LogP contribution in [0.3, 0.4) is 0 Å². The van der Waals surface area contributed by atoms with E-state index in [9.17, 15) is 22.8 Å². The first-order valence-corrected chi connectivity index (χ1v) is 11.9. The second-order valence-corrected chi connectivity index (χ2v) is 11.2. The average molecular weight is 464 g/mol. The van der Waals surface area contributed by atoms with Gasteiger partial charge in [0.25, 0.3) is 0 Å². The third-order valence-electron chi connectivity index (χ3n) is 6.10. The molecular weight excluding hydrogens is 434 g/mol. The summed E-state index contributed by atoms with van der Waals surface area (Å²) in [4.78, 5) is 36.9. The predicted octanol–water partition coefficient (Wildman–Crippen LogP) is 2.37. The number of ketones is 1. The monoisotopic (exact) mass is 463 g/mol. The van der Waals surface area contributed by atoms with Crippen molar-refractivity contribution in [3.63, 3.8) is 0 Å². The van der Waals surface area contributed by atoms with E-state index >= 15 is 0 Å². The summed E-state index contributed by atoms with van der Waals surface area (Å²) in [5, 5.41) is 0. The molecule has 1 aromatic rings. The molecule has 0 aromatic heterocycles. The number of hydrogen-bond donors (Lipinski definition) is 0. The molecule has 1 heterocycles. The van der Waals surface area contributed by atoms with Crippen LogP contribution in [0.5, 0.6) is 0 Å². The molecule has 32 heavy (non-hydrogen) atoms. The van der Waals surface area contributed by atoms with E-state index in [0.717, 1.165) is 5.56 Å². The van der Waals surface area contributed by atoms with Gasteiger partial charge in [-0.25, -0.2) is 8.42 Å². The van der Waals surface area contributed by atoms with E-state index in [1.54, 1.807) is 24.3 Å². The molecule has 1 saturated heterocycles. The van der Waals surface area contributed by atoms with Gasteiger partial charge in [-0.05, 0) is 41.2 Å². The lowest BCUT2D eigenvalue weighted by atomic mass is 9.68. The van der Waals surface area contributed by atoms with Crippen molar-refractivity contribution in [2.75, 3.05) is 20.2 Å². The first-order chi connectivity index (χ1) is 14.8. The number of methoxy groups -OCH3 is 1. The van der Waals surface area contributed by atoms with Crippen molar-refractivity contribution in [3.8, 4) is 0 Å².